The van der Waals surface area contributed by atoms with E-state index in [1.165, 1.54) is 0 Å². The van der Waals surface area contributed by atoms with Crippen LogP contribution >= 0.6 is 23.4 Å². The van der Waals surface area contributed by atoms with E-state index in [4.69, 9.17) is 36.2 Å². The Morgan fingerprint density at radius 2 is 1.50 bits per heavy atom. The summed E-state index contributed by atoms with van der Waals surface area (Å²) < 4.78 is 14.1. The number of nitrogens with zero attached hydrogens (tertiary/aromatic N) is 4. The number of thioether (sulfide) groups is 1. The van der Waals surface area contributed by atoms with Crippen LogP contribution in [0.3, 0.4) is 0 Å². The maximum Gasteiger partial charge on any atom is 0.242 e. The lowest BCUT2D eigenvalue weighted by Crippen LogP contribution is -2.47. The molecular formula is C39H31ClN4O3S. The molecule has 0 radical (unpaired) electrons. The highest BCUT2D eigenvalue weighted by atomic mass is 35.5. The van der Waals surface area contributed by atoms with E-state index in [0.717, 1.165) is 50.2 Å². The second kappa shape index (κ2) is 12.4. The van der Waals surface area contributed by atoms with Gasteiger partial charge >= 0.3 is 0 Å². The van der Waals surface area contributed by atoms with Crippen molar-refractivity contribution in [2.45, 2.75) is 29.2 Å². The normalized spacial score (nSPS) is 18.3. The summed E-state index contributed by atoms with van der Waals surface area (Å²) in [6.45, 7) is 2.05. The van der Waals surface area contributed by atoms with Crippen LogP contribution in [0.5, 0.6) is 17.4 Å². The number of hydrogen-bond acceptors (Lipinski definition) is 7. The first-order chi connectivity index (χ1) is 23.5. The third kappa shape index (κ3) is 5.27. The molecule has 0 N–H and O–H groups in total. The van der Waals surface area contributed by atoms with Gasteiger partial charge in [-0.3, -0.25) is 4.90 Å². The zero-order valence-corrected chi connectivity index (χ0v) is 27.9. The Hall–Kier alpha value is -5.18. The van der Waals surface area contributed by atoms with Gasteiger partial charge in [0, 0.05) is 32.7 Å². The summed E-state index contributed by atoms with van der Waals surface area (Å²) in [7, 11) is 1.66. The lowest BCUT2D eigenvalue weighted by molar-refractivity contribution is -0.0284. The maximum absolute atomic E-state index is 6.75. The van der Waals surface area contributed by atoms with Crippen LogP contribution in [0.1, 0.15) is 34.1 Å². The molecule has 7 nitrogen and oxygen atoms in total. The van der Waals surface area contributed by atoms with Crippen molar-refractivity contribution in [3.8, 4) is 23.1 Å². The lowest BCUT2D eigenvalue weighted by atomic mass is 9.92. The third-order valence-electron chi connectivity index (χ3n) is 8.68. The van der Waals surface area contributed by atoms with Crippen LogP contribution in [0.2, 0.25) is 5.02 Å². The van der Waals surface area contributed by atoms with Crippen molar-refractivity contribution in [1.29, 1.82) is 0 Å². The van der Waals surface area contributed by atoms with Crippen LogP contribution in [0.4, 0.5) is 5.69 Å². The molecule has 2 aliphatic heterocycles. The summed E-state index contributed by atoms with van der Waals surface area (Å²) in [5, 5.41) is 10.4. The number of aryl methyl sites for hydroxylation is 1. The maximum atomic E-state index is 6.75. The Bertz CT molecular complexity index is 2100. The topological polar surface area (TPSA) is 61.1 Å². The summed E-state index contributed by atoms with van der Waals surface area (Å²) in [4.78, 5) is 10.0. The van der Waals surface area contributed by atoms with Crippen molar-refractivity contribution in [3.63, 3.8) is 0 Å². The molecule has 5 aromatic carbocycles. The number of fused-ring (bicyclic) bond motifs is 3. The Labute approximate surface area is 288 Å². The molecule has 0 saturated heterocycles. The van der Waals surface area contributed by atoms with Gasteiger partial charge in [0.05, 0.1) is 29.7 Å². The Morgan fingerprint density at radius 1 is 0.812 bits per heavy atom. The predicted molar refractivity (Wildman–Crippen MR) is 191 cm³/mol. The minimum absolute atomic E-state index is 0.159. The number of oxime groups is 1. The molecule has 2 aliphatic rings. The van der Waals surface area contributed by atoms with Crippen LogP contribution < -0.4 is 14.4 Å². The number of benzene rings is 5. The average Bonchev–Trinajstić information content (AvgIpc) is 3.62. The number of aromatic nitrogens is 2. The van der Waals surface area contributed by atoms with E-state index in [9.17, 15) is 0 Å². The largest absolute Gasteiger partial charge is 0.497 e. The molecule has 9 heteroatoms. The first-order valence-electron chi connectivity index (χ1n) is 15.6. The van der Waals surface area contributed by atoms with Gasteiger partial charge in [-0.15, -0.1) is 11.8 Å². The standard InChI is InChI=1S/C39H31ClN4O3S/c1-26-36(38(46-32-13-7-4-8-14-32)44(41-26)30-11-5-3-6-12-30)35-25-39(28-19-21-29(40)22-20-28)43(33-15-9-10-16-34(33)48-35)37(42-47-39)27-17-23-31(45-2)24-18-27/h3-24,35H,25H2,1-2H3. The minimum Gasteiger partial charge on any atom is -0.497 e. The first-order valence-corrected chi connectivity index (χ1v) is 16.9. The van der Waals surface area contributed by atoms with E-state index in [2.05, 4.69) is 29.2 Å². The van der Waals surface area contributed by atoms with Gasteiger partial charge in [0.2, 0.25) is 11.6 Å². The van der Waals surface area contributed by atoms with Gasteiger partial charge in [-0.1, -0.05) is 77.4 Å². The number of halogens is 1. The molecule has 8 rings (SSSR count). The van der Waals surface area contributed by atoms with Gasteiger partial charge in [0.1, 0.15) is 11.5 Å². The molecule has 2 unspecified atom stereocenters. The summed E-state index contributed by atoms with van der Waals surface area (Å²) in [5.74, 6) is 2.87. The highest BCUT2D eigenvalue weighted by Gasteiger charge is 2.53. The summed E-state index contributed by atoms with van der Waals surface area (Å²) in [5.41, 5.74) is 4.58. The zero-order chi connectivity index (χ0) is 32.7. The Balaban J connectivity index is 1.33. The molecular weight excluding hydrogens is 640 g/mol. The summed E-state index contributed by atoms with van der Waals surface area (Å²) >= 11 is 8.21. The SMILES string of the molecule is COc1ccc(C2=NOC3(c4ccc(Cl)cc4)CC(c4c(C)nn(-c5ccccc5)c4Oc4ccccc4)Sc4ccccc4N23)cc1. The van der Waals surface area contributed by atoms with Crippen LogP contribution in [0.25, 0.3) is 5.69 Å². The monoisotopic (exact) mass is 670 g/mol. The number of ether oxygens (including phenoxy) is 2. The van der Waals surface area contributed by atoms with Gasteiger partial charge < -0.3 is 14.3 Å². The van der Waals surface area contributed by atoms with Crippen molar-refractivity contribution in [2.24, 2.45) is 5.16 Å². The lowest BCUT2D eigenvalue weighted by Gasteiger charge is -2.37. The van der Waals surface area contributed by atoms with Crippen molar-refractivity contribution < 1.29 is 14.3 Å². The Morgan fingerprint density at radius 3 is 2.23 bits per heavy atom. The molecule has 0 amide bonds. The molecule has 1 aromatic heterocycles. The van der Waals surface area contributed by atoms with E-state index in [1.807, 2.05) is 121 Å². The fourth-order valence-corrected chi connectivity index (χ4v) is 7.99. The van der Waals surface area contributed by atoms with Gasteiger partial charge in [0.15, 0.2) is 5.84 Å². The fraction of sp³-hybridized carbons (Fsp3) is 0.128. The first kappa shape index (κ1) is 30.2. The highest BCUT2D eigenvalue weighted by molar-refractivity contribution is 7.99. The van der Waals surface area contributed by atoms with Crippen LogP contribution in [0.15, 0.2) is 144 Å². The van der Waals surface area contributed by atoms with Gasteiger partial charge in [-0.2, -0.15) is 5.10 Å². The second-order valence-corrected chi connectivity index (χ2v) is 13.3. The number of methoxy groups -OCH3 is 1. The Kier molecular flexibility index (Phi) is 7.82. The van der Waals surface area contributed by atoms with Gasteiger partial charge in [0.25, 0.3) is 0 Å². The van der Waals surface area contributed by atoms with E-state index < -0.39 is 5.72 Å². The number of anilines is 1. The van der Waals surface area contributed by atoms with Crippen molar-refractivity contribution in [2.75, 3.05) is 12.0 Å². The number of rotatable bonds is 7. The zero-order valence-electron chi connectivity index (χ0n) is 26.3. The smallest absolute Gasteiger partial charge is 0.242 e. The quantitative estimate of drug-likeness (QED) is 0.169. The van der Waals surface area contributed by atoms with Crippen LogP contribution in [0, 0.1) is 6.92 Å². The van der Waals surface area contributed by atoms with Crippen molar-refractivity contribution in [1.82, 2.24) is 9.78 Å². The van der Waals surface area contributed by atoms with E-state index >= 15 is 0 Å². The molecule has 0 saturated carbocycles. The van der Waals surface area contributed by atoms with Crippen LogP contribution in [-0.4, -0.2) is 22.7 Å². The summed E-state index contributed by atoms with van der Waals surface area (Å²) in [6.07, 6.45) is 0.517. The average molecular weight is 671 g/mol. The number of para-hydroxylation sites is 3. The molecule has 6 aromatic rings. The van der Waals surface area contributed by atoms with E-state index in [-0.39, 0.29) is 5.25 Å². The van der Waals surface area contributed by atoms with Gasteiger partial charge in [-0.25, -0.2) is 4.68 Å². The van der Waals surface area contributed by atoms with Crippen LogP contribution in [-0.2, 0) is 10.6 Å². The molecule has 0 spiro atoms. The molecule has 48 heavy (non-hydrogen) atoms. The van der Waals surface area contributed by atoms with Crippen molar-refractivity contribution in [3.05, 3.63) is 161 Å². The molecule has 0 fully saturated rings. The van der Waals surface area contributed by atoms with Crippen molar-refractivity contribution >= 4 is 34.9 Å². The molecule has 238 valence electrons. The minimum atomic E-state index is -1.02. The molecule has 2 atom stereocenters. The van der Waals surface area contributed by atoms with E-state index in [1.54, 1.807) is 18.9 Å². The number of hydrogen-bond donors (Lipinski definition) is 0. The predicted octanol–water partition coefficient (Wildman–Crippen LogP) is 9.92. The number of amidine groups is 1. The second-order valence-electron chi connectivity index (χ2n) is 11.6. The third-order valence-corrected chi connectivity index (χ3v) is 10.2. The van der Waals surface area contributed by atoms with E-state index in [0.29, 0.717) is 23.2 Å². The molecule has 0 aliphatic carbocycles. The summed E-state index contributed by atoms with van der Waals surface area (Å²) in [6, 6.07) is 44.1. The highest BCUT2D eigenvalue weighted by Crippen LogP contribution is 2.58. The molecule has 3 heterocycles. The van der Waals surface area contributed by atoms with Gasteiger partial charge in [-0.05, 0) is 79.7 Å². The molecule has 0 bridgehead atoms. The fourth-order valence-electron chi connectivity index (χ4n) is 6.42.